The summed E-state index contributed by atoms with van der Waals surface area (Å²) < 4.78 is 0. The predicted molar refractivity (Wildman–Crippen MR) is 70.6 cm³/mol. The van der Waals surface area contributed by atoms with Crippen LogP contribution in [0.3, 0.4) is 0 Å². The minimum atomic E-state index is -0.321. The summed E-state index contributed by atoms with van der Waals surface area (Å²) in [6.45, 7) is 1.64. The van der Waals surface area contributed by atoms with Gasteiger partial charge in [0.05, 0.1) is 11.3 Å². The lowest BCUT2D eigenvalue weighted by Gasteiger charge is -2.20. The normalized spacial score (nSPS) is 13.1. The van der Waals surface area contributed by atoms with E-state index < -0.39 is 0 Å². The number of rotatable bonds is 0. The molecule has 0 fully saturated rings. The molecule has 94 valence electrons. The Kier molecular flexibility index (Phi) is 2.22. The van der Waals surface area contributed by atoms with Crippen LogP contribution in [0.1, 0.15) is 37.4 Å². The summed E-state index contributed by atoms with van der Waals surface area (Å²) in [7, 11) is 0. The monoisotopic (exact) mass is 253 g/mol. The van der Waals surface area contributed by atoms with Crippen LogP contribution in [0.15, 0.2) is 30.3 Å². The molecular weight excluding hydrogens is 242 g/mol. The third-order valence-electron chi connectivity index (χ3n) is 3.42. The minimum absolute atomic E-state index is 0.0251. The van der Waals surface area contributed by atoms with Crippen molar-refractivity contribution in [1.29, 1.82) is 0 Å². The van der Waals surface area contributed by atoms with Gasteiger partial charge < -0.3 is 10.8 Å². The first kappa shape index (κ1) is 11.5. The largest absolute Gasteiger partial charge is 0.505 e. The van der Waals surface area contributed by atoms with Gasteiger partial charge in [-0.15, -0.1) is 0 Å². The lowest BCUT2D eigenvalue weighted by molar-refractivity contribution is 0.0979. The van der Waals surface area contributed by atoms with Crippen molar-refractivity contribution in [2.24, 2.45) is 0 Å². The van der Waals surface area contributed by atoms with Crippen LogP contribution in [0, 0.1) is 6.92 Å². The molecule has 2 aromatic rings. The van der Waals surface area contributed by atoms with E-state index in [1.54, 1.807) is 31.2 Å². The Morgan fingerprint density at radius 2 is 1.58 bits per heavy atom. The van der Waals surface area contributed by atoms with Gasteiger partial charge in [-0.2, -0.15) is 0 Å². The molecule has 0 aromatic heterocycles. The van der Waals surface area contributed by atoms with Gasteiger partial charge >= 0.3 is 0 Å². The van der Waals surface area contributed by atoms with Crippen LogP contribution in [-0.2, 0) is 0 Å². The molecule has 3 N–H and O–H groups in total. The van der Waals surface area contributed by atoms with Gasteiger partial charge in [0.2, 0.25) is 0 Å². The average molecular weight is 253 g/mol. The van der Waals surface area contributed by atoms with Crippen LogP contribution >= 0.6 is 0 Å². The van der Waals surface area contributed by atoms with E-state index in [0.717, 1.165) is 0 Å². The fourth-order valence-electron chi connectivity index (χ4n) is 2.42. The van der Waals surface area contributed by atoms with Crippen molar-refractivity contribution in [1.82, 2.24) is 0 Å². The second-order valence-corrected chi connectivity index (χ2v) is 4.58. The number of benzene rings is 2. The first-order valence-electron chi connectivity index (χ1n) is 5.83. The molecule has 3 rings (SSSR count). The minimum Gasteiger partial charge on any atom is -0.505 e. The highest BCUT2D eigenvalue weighted by Gasteiger charge is 2.32. The Bertz CT molecular complexity index is 747. The molecule has 0 bridgehead atoms. The van der Waals surface area contributed by atoms with Gasteiger partial charge in [-0.3, -0.25) is 9.59 Å². The van der Waals surface area contributed by atoms with Gasteiger partial charge in [0, 0.05) is 16.7 Å². The SMILES string of the molecule is Cc1cc2c(c(N)c1O)C(=O)c1ccccc1C2=O. The maximum absolute atomic E-state index is 12.4. The summed E-state index contributed by atoms with van der Waals surface area (Å²) in [6, 6.07) is 8.13. The number of phenols is 1. The van der Waals surface area contributed by atoms with Gasteiger partial charge in [-0.1, -0.05) is 24.3 Å². The molecule has 4 heteroatoms. The maximum atomic E-state index is 12.4. The van der Waals surface area contributed by atoms with Crippen LogP contribution in [0.4, 0.5) is 5.69 Å². The Morgan fingerprint density at radius 3 is 2.21 bits per heavy atom. The van der Waals surface area contributed by atoms with E-state index in [4.69, 9.17) is 5.73 Å². The van der Waals surface area contributed by atoms with E-state index in [0.29, 0.717) is 16.7 Å². The fourth-order valence-corrected chi connectivity index (χ4v) is 2.42. The van der Waals surface area contributed by atoms with Gasteiger partial charge in [0.25, 0.3) is 0 Å². The lowest BCUT2D eigenvalue weighted by atomic mass is 9.82. The summed E-state index contributed by atoms with van der Waals surface area (Å²) in [6.07, 6.45) is 0. The number of hydrogen-bond donors (Lipinski definition) is 2. The number of aromatic hydroxyl groups is 1. The number of nitrogen functional groups attached to an aromatic ring is 1. The van der Waals surface area contributed by atoms with Gasteiger partial charge in [-0.05, 0) is 18.6 Å². The Labute approximate surface area is 109 Å². The van der Waals surface area contributed by atoms with E-state index in [9.17, 15) is 14.7 Å². The van der Waals surface area contributed by atoms with E-state index in [1.807, 2.05) is 0 Å². The smallest absolute Gasteiger partial charge is 0.196 e. The molecule has 2 aromatic carbocycles. The van der Waals surface area contributed by atoms with Crippen molar-refractivity contribution in [3.8, 4) is 5.75 Å². The van der Waals surface area contributed by atoms with Gasteiger partial charge in [-0.25, -0.2) is 0 Å². The molecule has 1 aliphatic carbocycles. The second kappa shape index (κ2) is 3.68. The van der Waals surface area contributed by atoms with Gasteiger partial charge in [0.15, 0.2) is 11.6 Å². The molecule has 0 spiro atoms. The Balaban J connectivity index is 2.40. The highest BCUT2D eigenvalue weighted by molar-refractivity contribution is 6.30. The van der Waals surface area contributed by atoms with E-state index in [2.05, 4.69) is 0 Å². The van der Waals surface area contributed by atoms with Crippen LogP contribution in [0.5, 0.6) is 5.75 Å². The second-order valence-electron chi connectivity index (χ2n) is 4.58. The summed E-state index contributed by atoms with van der Waals surface area (Å²) in [5.41, 5.74) is 7.32. The van der Waals surface area contributed by atoms with Crippen molar-refractivity contribution < 1.29 is 14.7 Å². The van der Waals surface area contributed by atoms with Crippen molar-refractivity contribution in [2.45, 2.75) is 6.92 Å². The highest BCUT2D eigenvalue weighted by atomic mass is 16.3. The number of anilines is 1. The molecule has 0 unspecified atom stereocenters. The molecule has 0 saturated heterocycles. The van der Waals surface area contributed by atoms with E-state index in [1.165, 1.54) is 6.07 Å². The summed E-state index contributed by atoms with van der Waals surface area (Å²) in [5, 5.41) is 9.83. The molecule has 0 heterocycles. The number of phenolic OH excluding ortho intramolecular Hbond substituents is 1. The highest BCUT2D eigenvalue weighted by Crippen LogP contribution is 2.37. The number of carbonyl (C=O) groups excluding carboxylic acids is 2. The summed E-state index contributed by atoms with van der Waals surface area (Å²) in [5.74, 6) is -0.697. The number of nitrogens with two attached hydrogens (primary N) is 1. The van der Waals surface area contributed by atoms with Crippen LogP contribution in [-0.4, -0.2) is 16.7 Å². The maximum Gasteiger partial charge on any atom is 0.196 e. The summed E-state index contributed by atoms with van der Waals surface area (Å²) >= 11 is 0. The number of fused-ring (bicyclic) bond motifs is 2. The molecule has 0 saturated carbocycles. The molecule has 0 radical (unpaired) electrons. The molecule has 0 atom stereocenters. The third-order valence-corrected chi connectivity index (χ3v) is 3.42. The number of hydrogen-bond acceptors (Lipinski definition) is 4. The molecule has 4 nitrogen and oxygen atoms in total. The topological polar surface area (TPSA) is 80.4 Å². The number of ketones is 2. The average Bonchev–Trinajstić information content (AvgIpc) is 2.42. The molecule has 1 aliphatic rings. The zero-order valence-electron chi connectivity index (χ0n) is 10.2. The van der Waals surface area contributed by atoms with Crippen LogP contribution in [0.25, 0.3) is 0 Å². The lowest BCUT2D eigenvalue weighted by Crippen LogP contribution is -2.22. The number of aryl methyl sites for hydroxylation is 1. The predicted octanol–water partition coefficient (Wildman–Crippen LogP) is 2.06. The van der Waals surface area contributed by atoms with Crippen molar-refractivity contribution in [3.05, 3.63) is 58.1 Å². The quantitative estimate of drug-likeness (QED) is 0.474. The molecule has 19 heavy (non-hydrogen) atoms. The molecule has 0 amide bonds. The standard InChI is InChI=1S/C15H11NO3/c1-7-6-10-11(12(16)13(7)17)15(19)9-5-3-2-4-8(9)14(10)18/h2-6,17H,16H2,1H3. The Hall–Kier alpha value is -2.62. The van der Waals surface area contributed by atoms with Gasteiger partial charge in [0.1, 0.15) is 5.75 Å². The third kappa shape index (κ3) is 1.40. The van der Waals surface area contributed by atoms with E-state index >= 15 is 0 Å². The van der Waals surface area contributed by atoms with Crippen molar-refractivity contribution in [2.75, 3.05) is 5.73 Å². The first-order valence-corrected chi connectivity index (χ1v) is 5.83. The zero-order valence-corrected chi connectivity index (χ0v) is 10.2. The van der Waals surface area contributed by atoms with Crippen molar-refractivity contribution >= 4 is 17.3 Å². The first-order chi connectivity index (χ1) is 9.02. The van der Waals surface area contributed by atoms with Crippen molar-refractivity contribution in [3.63, 3.8) is 0 Å². The van der Waals surface area contributed by atoms with Crippen LogP contribution in [0.2, 0.25) is 0 Å². The molecular formula is C15H11NO3. The molecule has 0 aliphatic heterocycles. The van der Waals surface area contributed by atoms with Crippen LogP contribution < -0.4 is 5.73 Å². The zero-order chi connectivity index (χ0) is 13.7. The number of carbonyl (C=O) groups is 2. The Morgan fingerprint density at radius 1 is 1.00 bits per heavy atom. The summed E-state index contributed by atoms with van der Waals surface area (Å²) in [4.78, 5) is 24.8. The van der Waals surface area contributed by atoms with E-state index in [-0.39, 0.29) is 34.1 Å². The fraction of sp³-hybridized carbons (Fsp3) is 0.0667.